The smallest absolute Gasteiger partial charge is 0.310 e. The number of rotatable bonds is 8. The highest BCUT2D eigenvalue weighted by Crippen LogP contribution is 2.27. The molecule has 1 amide bonds. The molecule has 29 heavy (non-hydrogen) atoms. The fourth-order valence-corrected chi connectivity index (χ4v) is 3.01. The van der Waals surface area contributed by atoms with Crippen molar-refractivity contribution in [2.24, 2.45) is 0 Å². The molecular formula is C20H22N4O5. The predicted octanol–water partition coefficient (Wildman–Crippen LogP) is 3.78. The molecular weight excluding hydrogens is 376 g/mol. The summed E-state index contributed by atoms with van der Waals surface area (Å²) < 4.78 is 12.9. The first kappa shape index (κ1) is 20.1. The summed E-state index contributed by atoms with van der Waals surface area (Å²) in [6.45, 7) is 6.57. The fourth-order valence-electron chi connectivity index (χ4n) is 3.01. The second-order valence-electron chi connectivity index (χ2n) is 6.48. The van der Waals surface area contributed by atoms with Crippen molar-refractivity contribution in [2.75, 3.05) is 0 Å². The molecule has 1 N–H and O–H groups in total. The van der Waals surface area contributed by atoms with Crippen LogP contribution in [0.25, 0.3) is 0 Å². The standard InChI is InChI=1S/C20H22N4O5/c1-4-23-14(3)16(11-21-23)13(2)22-20(25)19-10-9-15(29-19)12-28-18-8-6-5-7-17(18)24(26)27/h5-11,13H,4,12H2,1-3H3,(H,22,25). The Morgan fingerprint density at radius 2 is 2.10 bits per heavy atom. The third-order valence-electron chi connectivity index (χ3n) is 4.57. The van der Waals surface area contributed by atoms with Gasteiger partial charge in [0.05, 0.1) is 17.2 Å². The third-order valence-corrected chi connectivity index (χ3v) is 4.57. The largest absolute Gasteiger partial charge is 0.479 e. The normalized spacial score (nSPS) is 11.8. The van der Waals surface area contributed by atoms with E-state index in [1.54, 1.807) is 30.5 Å². The highest BCUT2D eigenvalue weighted by atomic mass is 16.6. The monoisotopic (exact) mass is 398 g/mol. The van der Waals surface area contributed by atoms with Crippen molar-refractivity contribution < 1.29 is 18.9 Å². The van der Waals surface area contributed by atoms with Crippen molar-refractivity contribution >= 4 is 11.6 Å². The van der Waals surface area contributed by atoms with Gasteiger partial charge in [-0.05, 0) is 39.0 Å². The van der Waals surface area contributed by atoms with Crippen LogP contribution in [0.3, 0.4) is 0 Å². The zero-order valence-corrected chi connectivity index (χ0v) is 16.4. The Bertz CT molecular complexity index is 1020. The number of benzene rings is 1. The maximum absolute atomic E-state index is 12.5. The van der Waals surface area contributed by atoms with E-state index >= 15 is 0 Å². The lowest BCUT2D eigenvalue weighted by atomic mass is 10.1. The molecule has 2 heterocycles. The van der Waals surface area contributed by atoms with Gasteiger partial charge >= 0.3 is 5.69 Å². The Kier molecular flexibility index (Phi) is 5.96. The summed E-state index contributed by atoms with van der Waals surface area (Å²) in [4.78, 5) is 23.0. The van der Waals surface area contributed by atoms with Gasteiger partial charge in [-0.1, -0.05) is 12.1 Å². The van der Waals surface area contributed by atoms with E-state index in [4.69, 9.17) is 9.15 Å². The molecule has 0 saturated carbocycles. The van der Waals surface area contributed by atoms with Crippen LogP contribution in [0.15, 0.2) is 47.0 Å². The number of ether oxygens (including phenoxy) is 1. The summed E-state index contributed by atoms with van der Waals surface area (Å²) in [5, 5.41) is 18.2. The molecule has 0 spiro atoms. The zero-order valence-electron chi connectivity index (χ0n) is 16.4. The van der Waals surface area contributed by atoms with Crippen molar-refractivity contribution in [1.82, 2.24) is 15.1 Å². The number of hydrogen-bond acceptors (Lipinski definition) is 6. The van der Waals surface area contributed by atoms with Gasteiger partial charge in [0, 0.05) is 23.9 Å². The SMILES string of the molecule is CCn1ncc(C(C)NC(=O)c2ccc(COc3ccccc3[N+](=O)[O-])o2)c1C. The van der Waals surface area contributed by atoms with E-state index in [1.807, 2.05) is 25.5 Å². The van der Waals surface area contributed by atoms with Crippen molar-refractivity contribution in [3.8, 4) is 5.75 Å². The van der Waals surface area contributed by atoms with Crippen LogP contribution in [0.2, 0.25) is 0 Å². The summed E-state index contributed by atoms with van der Waals surface area (Å²) >= 11 is 0. The third kappa shape index (κ3) is 4.45. The molecule has 152 valence electrons. The average Bonchev–Trinajstić information content (AvgIpc) is 3.33. The van der Waals surface area contributed by atoms with E-state index in [2.05, 4.69) is 10.4 Å². The number of aromatic nitrogens is 2. The van der Waals surface area contributed by atoms with Crippen LogP contribution < -0.4 is 10.1 Å². The van der Waals surface area contributed by atoms with Crippen LogP contribution in [-0.2, 0) is 13.2 Å². The van der Waals surface area contributed by atoms with Crippen molar-refractivity contribution in [2.45, 2.75) is 40.0 Å². The number of nitrogens with zero attached hydrogens (tertiary/aromatic N) is 3. The Morgan fingerprint density at radius 1 is 1.34 bits per heavy atom. The van der Waals surface area contributed by atoms with Crippen LogP contribution in [0.5, 0.6) is 5.75 Å². The second-order valence-corrected chi connectivity index (χ2v) is 6.48. The molecule has 1 atom stereocenters. The van der Waals surface area contributed by atoms with Crippen LogP contribution in [0.4, 0.5) is 5.69 Å². The maximum Gasteiger partial charge on any atom is 0.310 e. The van der Waals surface area contributed by atoms with E-state index in [9.17, 15) is 14.9 Å². The fraction of sp³-hybridized carbons (Fsp3) is 0.300. The quantitative estimate of drug-likeness (QED) is 0.456. The van der Waals surface area contributed by atoms with Gasteiger partial charge in [0.15, 0.2) is 11.5 Å². The minimum Gasteiger partial charge on any atom is -0.479 e. The molecule has 3 aromatic rings. The Balaban J connectivity index is 1.63. The summed E-state index contributed by atoms with van der Waals surface area (Å²) in [7, 11) is 0. The average molecular weight is 398 g/mol. The first-order chi connectivity index (χ1) is 13.9. The lowest BCUT2D eigenvalue weighted by Gasteiger charge is -2.13. The van der Waals surface area contributed by atoms with E-state index in [0.717, 1.165) is 17.8 Å². The lowest BCUT2D eigenvalue weighted by Crippen LogP contribution is -2.26. The van der Waals surface area contributed by atoms with Gasteiger partial charge in [-0.3, -0.25) is 19.6 Å². The molecule has 9 nitrogen and oxygen atoms in total. The van der Waals surface area contributed by atoms with Gasteiger partial charge in [0.25, 0.3) is 5.91 Å². The molecule has 0 fully saturated rings. The van der Waals surface area contributed by atoms with Crippen molar-refractivity contribution in [3.63, 3.8) is 0 Å². The van der Waals surface area contributed by atoms with E-state index < -0.39 is 4.92 Å². The molecule has 0 radical (unpaired) electrons. The lowest BCUT2D eigenvalue weighted by molar-refractivity contribution is -0.386. The predicted molar refractivity (Wildman–Crippen MR) is 105 cm³/mol. The topological polar surface area (TPSA) is 112 Å². The number of carbonyl (C=O) groups excluding carboxylic acids is 1. The van der Waals surface area contributed by atoms with Gasteiger partial charge in [-0.15, -0.1) is 0 Å². The number of carbonyl (C=O) groups is 1. The molecule has 0 saturated heterocycles. The summed E-state index contributed by atoms with van der Waals surface area (Å²) in [6.07, 6.45) is 1.75. The molecule has 3 rings (SSSR count). The maximum atomic E-state index is 12.5. The van der Waals surface area contributed by atoms with Gasteiger partial charge in [-0.2, -0.15) is 5.10 Å². The molecule has 0 bridgehead atoms. The highest BCUT2D eigenvalue weighted by molar-refractivity contribution is 5.91. The van der Waals surface area contributed by atoms with E-state index in [0.29, 0.717) is 5.76 Å². The number of furan rings is 1. The molecule has 0 aliphatic heterocycles. The first-order valence-electron chi connectivity index (χ1n) is 9.18. The number of amides is 1. The van der Waals surface area contributed by atoms with Crippen molar-refractivity contribution in [3.05, 3.63) is 75.5 Å². The van der Waals surface area contributed by atoms with Crippen LogP contribution >= 0.6 is 0 Å². The van der Waals surface area contributed by atoms with Gasteiger partial charge in [0.2, 0.25) is 0 Å². The first-order valence-corrected chi connectivity index (χ1v) is 9.18. The minimum atomic E-state index is -0.513. The minimum absolute atomic E-state index is 0.0317. The summed E-state index contributed by atoms with van der Waals surface area (Å²) in [5.74, 6) is 0.296. The molecule has 9 heteroatoms. The van der Waals surface area contributed by atoms with Gasteiger partial charge in [0.1, 0.15) is 12.4 Å². The summed E-state index contributed by atoms with van der Waals surface area (Å²) in [5.41, 5.74) is 1.80. The molecule has 1 unspecified atom stereocenters. The molecule has 0 aliphatic carbocycles. The molecule has 2 aromatic heterocycles. The van der Waals surface area contributed by atoms with E-state index in [1.165, 1.54) is 12.1 Å². The second kappa shape index (κ2) is 8.59. The number of nitrogens with one attached hydrogen (secondary N) is 1. The Morgan fingerprint density at radius 3 is 2.79 bits per heavy atom. The van der Waals surface area contributed by atoms with Crippen molar-refractivity contribution in [1.29, 1.82) is 0 Å². The van der Waals surface area contributed by atoms with Gasteiger partial charge in [-0.25, -0.2) is 0 Å². The van der Waals surface area contributed by atoms with Gasteiger partial charge < -0.3 is 14.5 Å². The van der Waals surface area contributed by atoms with Crippen LogP contribution in [0.1, 0.15) is 47.5 Å². The number of nitro benzene ring substituents is 1. The number of para-hydroxylation sites is 2. The highest BCUT2D eigenvalue weighted by Gasteiger charge is 2.19. The van der Waals surface area contributed by atoms with Crippen LogP contribution in [0, 0.1) is 17.0 Å². The molecule has 1 aromatic carbocycles. The van der Waals surface area contributed by atoms with Crippen LogP contribution in [-0.4, -0.2) is 20.6 Å². The zero-order chi connectivity index (χ0) is 21.0. The number of hydrogen-bond donors (Lipinski definition) is 1. The van der Waals surface area contributed by atoms with E-state index in [-0.39, 0.29) is 35.8 Å². The Labute approximate surface area is 167 Å². The Hall–Kier alpha value is -3.62. The summed E-state index contributed by atoms with van der Waals surface area (Å²) in [6, 6.07) is 8.99. The number of aryl methyl sites for hydroxylation is 1. The number of nitro groups is 1. The molecule has 0 aliphatic rings.